The highest BCUT2D eigenvalue weighted by Crippen LogP contribution is 2.71. The van der Waals surface area contributed by atoms with Crippen LogP contribution in [0.1, 0.15) is 17.7 Å². The van der Waals surface area contributed by atoms with E-state index in [0.29, 0.717) is 12.3 Å². The SMILES string of the molecule is COP(=O)(OC)C1(c2ccco2)CC(=O)N1Cc1ccccc1. The quantitative estimate of drug-likeness (QED) is 0.598. The van der Waals surface area contributed by atoms with Crippen molar-refractivity contribution in [1.82, 2.24) is 4.90 Å². The molecule has 1 unspecified atom stereocenters. The van der Waals surface area contributed by atoms with Crippen molar-refractivity contribution < 1.29 is 22.8 Å². The van der Waals surface area contributed by atoms with Crippen LogP contribution in [0.25, 0.3) is 0 Å². The zero-order valence-electron chi connectivity index (χ0n) is 13.0. The fraction of sp³-hybridized carbons (Fsp3) is 0.312. The van der Waals surface area contributed by atoms with E-state index in [1.807, 2.05) is 30.3 Å². The average Bonchev–Trinajstić information content (AvgIpc) is 3.12. The number of carbonyl (C=O) groups is 1. The van der Waals surface area contributed by atoms with Crippen LogP contribution in [-0.4, -0.2) is 25.0 Å². The van der Waals surface area contributed by atoms with E-state index in [9.17, 15) is 9.36 Å². The summed E-state index contributed by atoms with van der Waals surface area (Å²) in [6.45, 7) is 0.303. The first-order chi connectivity index (χ1) is 11.1. The Morgan fingerprint density at radius 2 is 1.87 bits per heavy atom. The summed E-state index contributed by atoms with van der Waals surface area (Å²) in [5.41, 5.74) is 0.926. The molecular formula is C16H18NO5P. The van der Waals surface area contributed by atoms with Crippen LogP contribution in [0.3, 0.4) is 0 Å². The van der Waals surface area contributed by atoms with E-state index >= 15 is 0 Å². The van der Waals surface area contributed by atoms with Gasteiger partial charge in [-0.05, 0) is 17.7 Å². The minimum Gasteiger partial charge on any atom is -0.466 e. The van der Waals surface area contributed by atoms with Gasteiger partial charge in [0, 0.05) is 20.8 Å². The number of likely N-dealkylation sites (tertiary alicyclic amines) is 1. The molecule has 1 aliphatic rings. The van der Waals surface area contributed by atoms with Gasteiger partial charge < -0.3 is 18.4 Å². The van der Waals surface area contributed by atoms with Crippen LogP contribution in [0.2, 0.25) is 0 Å². The van der Waals surface area contributed by atoms with Gasteiger partial charge in [0.05, 0.1) is 12.7 Å². The number of furan rings is 1. The molecule has 0 saturated carbocycles. The predicted octanol–water partition coefficient (Wildman–Crippen LogP) is 3.35. The van der Waals surface area contributed by atoms with E-state index < -0.39 is 12.9 Å². The van der Waals surface area contributed by atoms with E-state index in [0.717, 1.165) is 5.56 Å². The summed E-state index contributed by atoms with van der Waals surface area (Å²) in [6.07, 6.45) is 1.50. The zero-order chi connectivity index (χ0) is 16.5. The highest BCUT2D eigenvalue weighted by Gasteiger charge is 2.67. The Morgan fingerprint density at radius 1 is 1.17 bits per heavy atom. The number of hydrogen-bond donors (Lipinski definition) is 0. The van der Waals surface area contributed by atoms with E-state index in [1.54, 1.807) is 12.1 Å². The minimum absolute atomic E-state index is 0.0201. The summed E-state index contributed by atoms with van der Waals surface area (Å²) in [7, 11) is -0.988. The van der Waals surface area contributed by atoms with Crippen LogP contribution in [0, 0.1) is 0 Å². The van der Waals surface area contributed by atoms with E-state index in [4.69, 9.17) is 13.5 Å². The van der Waals surface area contributed by atoms with Crippen molar-refractivity contribution in [3.8, 4) is 0 Å². The summed E-state index contributed by atoms with van der Waals surface area (Å²) in [5.74, 6) is 0.277. The molecule has 3 rings (SSSR count). The highest BCUT2D eigenvalue weighted by molar-refractivity contribution is 7.55. The minimum atomic E-state index is -3.62. The van der Waals surface area contributed by atoms with Gasteiger partial charge in [0.15, 0.2) is 0 Å². The number of amides is 1. The molecule has 2 heterocycles. The molecule has 1 atom stereocenters. The lowest BCUT2D eigenvalue weighted by atomic mass is 9.97. The number of rotatable bonds is 6. The molecule has 2 aromatic rings. The van der Waals surface area contributed by atoms with E-state index in [1.165, 1.54) is 25.4 Å². The Kier molecular flexibility index (Phi) is 4.15. The Hall–Kier alpha value is -1.88. The van der Waals surface area contributed by atoms with Gasteiger partial charge >= 0.3 is 7.60 Å². The van der Waals surface area contributed by atoms with Crippen molar-refractivity contribution in [1.29, 1.82) is 0 Å². The molecule has 0 spiro atoms. The van der Waals surface area contributed by atoms with Gasteiger partial charge in [-0.3, -0.25) is 9.36 Å². The third kappa shape index (κ3) is 2.34. The molecule has 6 nitrogen and oxygen atoms in total. The van der Waals surface area contributed by atoms with Crippen molar-refractivity contribution in [3.05, 3.63) is 60.1 Å². The van der Waals surface area contributed by atoms with Gasteiger partial charge in [0.25, 0.3) is 0 Å². The van der Waals surface area contributed by atoms with Gasteiger partial charge in [-0.15, -0.1) is 0 Å². The molecule has 0 N–H and O–H groups in total. The van der Waals surface area contributed by atoms with Crippen LogP contribution in [0.15, 0.2) is 53.1 Å². The first kappa shape index (κ1) is 16.0. The molecule has 1 amide bonds. The normalized spacial score (nSPS) is 21.3. The Morgan fingerprint density at radius 3 is 2.39 bits per heavy atom. The molecule has 122 valence electrons. The average molecular weight is 335 g/mol. The molecule has 1 aromatic carbocycles. The third-order valence-corrected chi connectivity index (χ3v) is 6.67. The summed E-state index contributed by atoms with van der Waals surface area (Å²) in [6, 6.07) is 12.9. The third-order valence-electron chi connectivity index (χ3n) is 4.18. The summed E-state index contributed by atoms with van der Waals surface area (Å²) < 4.78 is 29.1. The molecule has 0 radical (unpaired) electrons. The maximum Gasteiger partial charge on any atom is 0.363 e. The van der Waals surface area contributed by atoms with Crippen LogP contribution in [-0.2, 0) is 30.2 Å². The highest BCUT2D eigenvalue weighted by atomic mass is 31.2. The maximum atomic E-state index is 13.2. The standard InChI is InChI=1S/C16H18NO5P/c1-20-23(19,21-2)16(14-9-6-10-22-14)11-15(18)17(16)12-13-7-4-3-5-8-13/h3-10H,11-12H2,1-2H3. The largest absolute Gasteiger partial charge is 0.466 e. The molecule has 0 aliphatic carbocycles. The number of hydrogen-bond acceptors (Lipinski definition) is 5. The summed E-state index contributed by atoms with van der Waals surface area (Å²) in [5, 5.41) is -1.23. The first-order valence-electron chi connectivity index (χ1n) is 7.17. The summed E-state index contributed by atoms with van der Waals surface area (Å²) >= 11 is 0. The number of nitrogens with zero attached hydrogens (tertiary/aromatic N) is 1. The van der Waals surface area contributed by atoms with Crippen LogP contribution < -0.4 is 0 Å². The van der Waals surface area contributed by atoms with Crippen LogP contribution >= 0.6 is 7.60 Å². The Labute approximate surface area is 134 Å². The van der Waals surface area contributed by atoms with Crippen molar-refractivity contribution in [2.45, 2.75) is 18.2 Å². The predicted molar refractivity (Wildman–Crippen MR) is 83.6 cm³/mol. The Balaban J connectivity index is 2.06. The first-order valence-corrected chi connectivity index (χ1v) is 8.71. The van der Waals surface area contributed by atoms with E-state index in [2.05, 4.69) is 0 Å². The summed E-state index contributed by atoms with van der Waals surface area (Å²) in [4.78, 5) is 13.8. The topological polar surface area (TPSA) is 69.0 Å². The zero-order valence-corrected chi connectivity index (χ0v) is 13.9. The fourth-order valence-corrected chi connectivity index (χ4v) is 4.94. The van der Waals surface area contributed by atoms with Crippen molar-refractivity contribution in [3.63, 3.8) is 0 Å². The lowest BCUT2D eigenvalue weighted by Gasteiger charge is -2.51. The van der Waals surface area contributed by atoms with Gasteiger partial charge in [0.1, 0.15) is 5.76 Å². The molecule has 1 saturated heterocycles. The number of β-lactam (4-membered cyclic amide) rings is 1. The van der Waals surface area contributed by atoms with Gasteiger partial charge in [0.2, 0.25) is 11.2 Å². The second-order valence-electron chi connectivity index (χ2n) is 5.30. The molecule has 0 bridgehead atoms. The van der Waals surface area contributed by atoms with E-state index in [-0.39, 0.29) is 12.3 Å². The Bertz CT molecular complexity index is 722. The number of benzene rings is 1. The lowest BCUT2D eigenvalue weighted by molar-refractivity contribution is -0.154. The number of carbonyl (C=O) groups excluding carboxylic acids is 1. The maximum absolute atomic E-state index is 13.2. The second kappa shape index (κ2) is 5.96. The molecule has 1 aliphatic heterocycles. The molecule has 7 heteroatoms. The van der Waals surface area contributed by atoms with Crippen molar-refractivity contribution in [2.75, 3.05) is 14.2 Å². The van der Waals surface area contributed by atoms with Gasteiger partial charge in [-0.2, -0.15) is 0 Å². The second-order valence-corrected chi connectivity index (χ2v) is 7.76. The molecule has 1 aromatic heterocycles. The monoisotopic (exact) mass is 335 g/mol. The van der Waals surface area contributed by atoms with Crippen molar-refractivity contribution >= 4 is 13.5 Å². The molecule has 1 fully saturated rings. The van der Waals surface area contributed by atoms with Gasteiger partial charge in [-0.25, -0.2) is 0 Å². The molecule has 23 heavy (non-hydrogen) atoms. The lowest BCUT2D eigenvalue weighted by Crippen LogP contribution is -2.60. The van der Waals surface area contributed by atoms with Crippen LogP contribution in [0.4, 0.5) is 0 Å². The van der Waals surface area contributed by atoms with Crippen LogP contribution in [0.5, 0.6) is 0 Å². The smallest absolute Gasteiger partial charge is 0.363 e. The van der Waals surface area contributed by atoms with Gasteiger partial charge in [-0.1, -0.05) is 30.3 Å². The fourth-order valence-electron chi connectivity index (χ4n) is 2.98. The van der Waals surface area contributed by atoms with Crippen molar-refractivity contribution in [2.24, 2.45) is 0 Å². The molecular weight excluding hydrogens is 317 g/mol.